The van der Waals surface area contributed by atoms with Gasteiger partial charge in [0.1, 0.15) is 11.4 Å². The van der Waals surface area contributed by atoms with Crippen molar-refractivity contribution in [2.45, 2.75) is 20.1 Å². The topological polar surface area (TPSA) is 105 Å². The van der Waals surface area contributed by atoms with E-state index in [1.54, 1.807) is 0 Å². The van der Waals surface area contributed by atoms with Crippen LogP contribution in [0.4, 0.5) is 11.4 Å². The van der Waals surface area contributed by atoms with Crippen LogP contribution < -0.4 is 10.4 Å². The van der Waals surface area contributed by atoms with Crippen molar-refractivity contribution in [2.24, 2.45) is 0 Å². The lowest BCUT2D eigenvalue weighted by atomic mass is 10.2. The average molecular weight is 280 g/mol. The lowest BCUT2D eigenvalue weighted by Gasteiger charge is -2.34. The molecule has 2 rings (SSSR count). The molecule has 1 aromatic rings. The third-order valence-corrected chi connectivity index (χ3v) is 2.43. The second-order valence-corrected chi connectivity index (χ2v) is 4.03. The molecular weight excluding hydrogens is 268 g/mol. The normalized spacial score (nSPS) is 17.0. The predicted molar refractivity (Wildman–Crippen MR) is 66.5 cm³/mol. The van der Waals surface area contributed by atoms with Gasteiger partial charge in [0.2, 0.25) is 0 Å². The standard InChI is InChI=1S/C12H12N2O6/c1-6(15)19-12-11(18)13-8-4-3-5-9(17)10(8)14(12)20-7(2)16/h3-5,12,17H,1-2H3,(H,13,18). The lowest BCUT2D eigenvalue weighted by molar-refractivity contribution is -0.163. The van der Waals surface area contributed by atoms with Crippen LogP contribution in [0.5, 0.6) is 5.75 Å². The van der Waals surface area contributed by atoms with E-state index in [4.69, 9.17) is 9.57 Å². The minimum Gasteiger partial charge on any atom is -0.506 e. The molecule has 0 saturated carbocycles. The molecule has 1 aromatic carbocycles. The van der Waals surface area contributed by atoms with E-state index in [-0.39, 0.29) is 17.1 Å². The zero-order valence-electron chi connectivity index (χ0n) is 10.7. The van der Waals surface area contributed by atoms with Gasteiger partial charge in [0.15, 0.2) is 0 Å². The number of carbonyl (C=O) groups excluding carboxylic acids is 3. The maximum absolute atomic E-state index is 11.9. The summed E-state index contributed by atoms with van der Waals surface area (Å²) in [4.78, 5) is 39.0. The molecule has 1 aliphatic rings. The Balaban J connectivity index is 2.49. The first-order valence-electron chi connectivity index (χ1n) is 5.68. The highest BCUT2D eigenvalue weighted by Crippen LogP contribution is 2.39. The van der Waals surface area contributed by atoms with Crippen LogP contribution in [-0.4, -0.2) is 29.2 Å². The lowest BCUT2D eigenvalue weighted by Crippen LogP contribution is -2.51. The predicted octanol–water partition coefficient (Wildman–Crippen LogP) is 0.518. The highest BCUT2D eigenvalue weighted by atomic mass is 16.7. The van der Waals surface area contributed by atoms with Crippen molar-refractivity contribution in [3.05, 3.63) is 18.2 Å². The van der Waals surface area contributed by atoms with Crippen LogP contribution in [0.25, 0.3) is 0 Å². The molecule has 20 heavy (non-hydrogen) atoms. The van der Waals surface area contributed by atoms with E-state index in [0.29, 0.717) is 0 Å². The monoisotopic (exact) mass is 280 g/mol. The molecule has 1 atom stereocenters. The fourth-order valence-electron chi connectivity index (χ4n) is 1.77. The third kappa shape index (κ3) is 2.48. The van der Waals surface area contributed by atoms with Gasteiger partial charge in [0.25, 0.3) is 12.1 Å². The van der Waals surface area contributed by atoms with Crippen molar-refractivity contribution in [3.63, 3.8) is 0 Å². The molecule has 1 aliphatic heterocycles. The summed E-state index contributed by atoms with van der Waals surface area (Å²) in [5.74, 6) is -2.40. The Bertz CT molecular complexity index is 585. The molecule has 0 fully saturated rings. The van der Waals surface area contributed by atoms with E-state index in [0.717, 1.165) is 18.9 Å². The molecule has 1 unspecified atom stereocenters. The number of nitrogens with zero attached hydrogens (tertiary/aromatic N) is 1. The van der Waals surface area contributed by atoms with E-state index >= 15 is 0 Å². The minimum atomic E-state index is -1.50. The number of para-hydroxylation sites is 1. The molecule has 8 heteroatoms. The number of hydroxylamine groups is 1. The first-order valence-corrected chi connectivity index (χ1v) is 5.68. The van der Waals surface area contributed by atoms with Gasteiger partial charge in [-0.05, 0) is 12.1 Å². The zero-order valence-corrected chi connectivity index (χ0v) is 10.7. The second-order valence-electron chi connectivity index (χ2n) is 4.03. The smallest absolute Gasteiger partial charge is 0.329 e. The number of phenolic OH excluding ortho intramolecular Hbond substituents is 1. The van der Waals surface area contributed by atoms with Crippen molar-refractivity contribution < 1.29 is 29.1 Å². The molecule has 0 bridgehead atoms. The molecule has 2 N–H and O–H groups in total. The van der Waals surface area contributed by atoms with Crippen LogP contribution in [0.3, 0.4) is 0 Å². The van der Waals surface area contributed by atoms with Crippen LogP contribution >= 0.6 is 0 Å². The first-order chi connectivity index (χ1) is 9.40. The van der Waals surface area contributed by atoms with Gasteiger partial charge in [-0.3, -0.25) is 14.4 Å². The van der Waals surface area contributed by atoms with Crippen molar-refractivity contribution >= 4 is 29.2 Å². The fraction of sp³-hybridized carbons (Fsp3) is 0.250. The van der Waals surface area contributed by atoms with Gasteiger partial charge in [-0.2, -0.15) is 5.06 Å². The number of fused-ring (bicyclic) bond motifs is 1. The number of carbonyl (C=O) groups is 3. The van der Waals surface area contributed by atoms with E-state index in [9.17, 15) is 19.5 Å². The van der Waals surface area contributed by atoms with Gasteiger partial charge in [-0.15, -0.1) is 0 Å². The number of anilines is 2. The van der Waals surface area contributed by atoms with Gasteiger partial charge >= 0.3 is 11.9 Å². The number of ether oxygens (including phenoxy) is 1. The number of hydrogen-bond acceptors (Lipinski definition) is 7. The van der Waals surface area contributed by atoms with Crippen LogP contribution in [-0.2, 0) is 24.0 Å². The summed E-state index contributed by atoms with van der Waals surface area (Å²) in [6, 6.07) is 4.36. The van der Waals surface area contributed by atoms with Crippen LogP contribution in [0.15, 0.2) is 18.2 Å². The van der Waals surface area contributed by atoms with Crippen LogP contribution in [0.1, 0.15) is 13.8 Å². The van der Waals surface area contributed by atoms with Crippen molar-refractivity contribution in [2.75, 3.05) is 10.4 Å². The summed E-state index contributed by atoms with van der Waals surface area (Å²) in [5.41, 5.74) is 0.271. The Labute approximate surface area is 113 Å². The molecule has 0 spiro atoms. The molecule has 106 valence electrons. The molecule has 0 saturated heterocycles. The summed E-state index contributed by atoms with van der Waals surface area (Å²) in [7, 11) is 0. The number of benzene rings is 1. The average Bonchev–Trinajstić information content (AvgIpc) is 2.32. The van der Waals surface area contributed by atoms with E-state index < -0.39 is 24.1 Å². The molecular formula is C12H12N2O6. The molecule has 1 amide bonds. The van der Waals surface area contributed by atoms with Crippen LogP contribution in [0.2, 0.25) is 0 Å². The third-order valence-electron chi connectivity index (χ3n) is 2.43. The number of aromatic hydroxyl groups is 1. The van der Waals surface area contributed by atoms with Crippen molar-refractivity contribution in [1.82, 2.24) is 0 Å². The summed E-state index contributed by atoms with van der Waals surface area (Å²) in [6.07, 6.45) is -1.50. The Hall–Kier alpha value is -2.77. The Kier molecular flexibility index (Phi) is 3.47. The quantitative estimate of drug-likeness (QED) is 0.761. The second kappa shape index (κ2) is 5.08. The van der Waals surface area contributed by atoms with E-state index in [1.807, 2.05) is 0 Å². The summed E-state index contributed by atoms with van der Waals surface area (Å²) in [5, 5.41) is 13.1. The summed E-state index contributed by atoms with van der Waals surface area (Å²) >= 11 is 0. The van der Waals surface area contributed by atoms with E-state index in [1.165, 1.54) is 18.2 Å². The first kappa shape index (κ1) is 13.7. The van der Waals surface area contributed by atoms with Crippen LogP contribution in [0, 0.1) is 0 Å². The molecule has 1 heterocycles. The van der Waals surface area contributed by atoms with Gasteiger partial charge in [0, 0.05) is 13.8 Å². The van der Waals surface area contributed by atoms with Gasteiger partial charge < -0.3 is 20.0 Å². The number of esters is 1. The molecule has 0 aromatic heterocycles. The Morgan fingerprint density at radius 3 is 2.60 bits per heavy atom. The zero-order chi connectivity index (χ0) is 14.9. The highest BCUT2D eigenvalue weighted by molar-refractivity contribution is 6.04. The van der Waals surface area contributed by atoms with Crippen molar-refractivity contribution in [1.29, 1.82) is 0 Å². The number of hydrogen-bond donors (Lipinski definition) is 2. The van der Waals surface area contributed by atoms with Gasteiger partial charge in [-0.25, -0.2) is 0 Å². The summed E-state index contributed by atoms with van der Waals surface area (Å²) < 4.78 is 4.82. The Morgan fingerprint density at radius 2 is 2.00 bits per heavy atom. The number of nitrogens with one attached hydrogen (secondary N) is 1. The largest absolute Gasteiger partial charge is 0.506 e. The summed E-state index contributed by atoms with van der Waals surface area (Å²) in [6.45, 7) is 2.23. The van der Waals surface area contributed by atoms with Crippen molar-refractivity contribution in [3.8, 4) is 5.75 Å². The fourth-order valence-corrected chi connectivity index (χ4v) is 1.77. The van der Waals surface area contributed by atoms with Gasteiger partial charge in [-0.1, -0.05) is 6.07 Å². The molecule has 8 nitrogen and oxygen atoms in total. The van der Waals surface area contributed by atoms with E-state index in [2.05, 4.69) is 5.32 Å². The molecule has 0 aliphatic carbocycles. The maximum Gasteiger partial charge on any atom is 0.329 e. The number of rotatable bonds is 2. The number of phenols is 1. The maximum atomic E-state index is 11.9. The number of amides is 1. The SMILES string of the molecule is CC(=O)OC1C(=O)Nc2cccc(O)c2N1OC(C)=O. The Morgan fingerprint density at radius 1 is 1.30 bits per heavy atom. The minimum absolute atomic E-state index is 0.0357. The van der Waals surface area contributed by atoms with Gasteiger partial charge in [0.05, 0.1) is 5.69 Å². The highest BCUT2D eigenvalue weighted by Gasteiger charge is 2.39. The molecule has 0 radical (unpaired) electrons.